The summed E-state index contributed by atoms with van der Waals surface area (Å²) in [4.78, 5) is 6.70. The van der Waals surface area contributed by atoms with Gasteiger partial charge >= 0.3 is 0 Å². The van der Waals surface area contributed by atoms with E-state index in [4.69, 9.17) is 0 Å². The molecular formula is C71H49BN2S. The summed E-state index contributed by atoms with van der Waals surface area (Å²) in [6.07, 6.45) is 0. The van der Waals surface area contributed by atoms with E-state index in [1.54, 1.807) is 0 Å². The zero-order valence-electron chi connectivity index (χ0n) is 42.2. The van der Waals surface area contributed by atoms with E-state index in [1.807, 2.05) is 0 Å². The van der Waals surface area contributed by atoms with Gasteiger partial charge in [0.05, 0.1) is 16.5 Å². The average molecular weight is 973 g/mol. The molecule has 1 aromatic heterocycles. The van der Waals surface area contributed by atoms with Gasteiger partial charge in [0.15, 0.2) is 0 Å². The van der Waals surface area contributed by atoms with Crippen LogP contribution in [0.5, 0.6) is 0 Å². The standard InChI is InChI=1S/C71H49BN2S/c1-42-37-62-65-63(38-42)74(45-23-9-6-10-24-45)66-64-51-36-35-43(69(2,3)4)39-58(51)71(56-33-19-13-27-48(56)49-28-14-20-34-57(49)71)67(64)75-68(66)72(65)60-41-59-52(40-61(60)73(62)44-21-7-5-8-22-44)50-29-15-18-32-55(50)70(59)53-30-16-11-25-46(53)47-26-12-17-31-54(47)70/h5-41H,1-4H3. The molecule has 0 bridgehead atoms. The minimum Gasteiger partial charge on any atom is -0.311 e. The molecule has 17 rings (SSSR count). The molecule has 0 amide bonds. The van der Waals surface area contributed by atoms with Crippen LogP contribution in [0.2, 0.25) is 0 Å². The number of rotatable bonds is 2. The summed E-state index contributed by atoms with van der Waals surface area (Å²) in [6.45, 7) is 9.30. The fourth-order valence-corrected chi connectivity index (χ4v) is 16.8. The highest BCUT2D eigenvalue weighted by atomic mass is 32.1. The monoisotopic (exact) mass is 972 g/mol. The Morgan fingerprint density at radius 2 is 0.853 bits per heavy atom. The lowest BCUT2D eigenvalue weighted by molar-refractivity contribution is 0.588. The van der Waals surface area contributed by atoms with Crippen molar-refractivity contribution in [1.82, 2.24) is 0 Å². The molecule has 352 valence electrons. The van der Waals surface area contributed by atoms with Crippen LogP contribution in [0.25, 0.3) is 44.5 Å². The molecule has 10 aromatic carbocycles. The molecule has 6 aliphatic rings. The van der Waals surface area contributed by atoms with Crippen molar-refractivity contribution in [1.29, 1.82) is 0 Å². The zero-order chi connectivity index (χ0) is 49.7. The third-order valence-corrected chi connectivity index (χ3v) is 19.4. The van der Waals surface area contributed by atoms with Gasteiger partial charge in [-0.3, -0.25) is 0 Å². The second-order valence-corrected chi connectivity index (χ2v) is 23.8. The van der Waals surface area contributed by atoms with Crippen LogP contribution in [0.3, 0.4) is 0 Å². The van der Waals surface area contributed by atoms with Crippen LogP contribution in [-0.2, 0) is 16.2 Å². The summed E-state index contributed by atoms with van der Waals surface area (Å²) in [5.74, 6) is 0. The van der Waals surface area contributed by atoms with Gasteiger partial charge in [-0.25, -0.2) is 0 Å². The summed E-state index contributed by atoms with van der Waals surface area (Å²) in [5, 5.41) is 0. The first-order valence-corrected chi connectivity index (χ1v) is 27.4. The summed E-state index contributed by atoms with van der Waals surface area (Å²) in [7, 11) is 0. The summed E-state index contributed by atoms with van der Waals surface area (Å²) in [6, 6.07) is 86.5. The Balaban J connectivity index is 1.04. The van der Waals surface area contributed by atoms with Crippen LogP contribution in [0.15, 0.2) is 224 Å². The van der Waals surface area contributed by atoms with Crippen molar-refractivity contribution in [3.63, 3.8) is 0 Å². The highest BCUT2D eigenvalue weighted by Crippen LogP contribution is 2.68. The van der Waals surface area contributed by atoms with Crippen molar-refractivity contribution in [3.8, 4) is 44.5 Å². The number of aryl methyl sites for hydroxylation is 1. The highest BCUT2D eigenvalue weighted by Gasteiger charge is 2.58. The van der Waals surface area contributed by atoms with E-state index in [1.165, 1.54) is 144 Å². The van der Waals surface area contributed by atoms with Gasteiger partial charge in [0, 0.05) is 43.7 Å². The summed E-state index contributed by atoms with van der Waals surface area (Å²) in [5.41, 5.74) is 31.9. The van der Waals surface area contributed by atoms with Gasteiger partial charge in [-0.2, -0.15) is 0 Å². The van der Waals surface area contributed by atoms with Crippen LogP contribution >= 0.6 is 11.3 Å². The van der Waals surface area contributed by atoms with Gasteiger partial charge in [-0.1, -0.05) is 203 Å². The smallest absolute Gasteiger partial charge is 0.264 e. The molecule has 3 heterocycles. The first-order valence-electron chi connectivity index (χ1n) is 26.6. The normalized spacial score (nSPS) is 15.3. The zero-order valence-corrected chi connectivity index (χ0v) is 43.1. The van der Waals surface area contributed by atoms with Gasteiger partial charge < -0.3 is 9.80 Å². The number of hydrogen-bond acceptors (Lipinski definition) is 3. The third kappa shape index (κ3) is 5.03. The van der Waals surface area contributed by atoms with Gasteiger partial charge in [0.25, 0.3) is 6.71 Å². The Morgan fingerprint density at radius 1 is 0.400 bits per heavy atom. The van der Waals surface area contributed by atoms with Gasteiger partial charge in [-0.15, -0.1) is 11.3 Å². The second kappa shape index (κ2) is 14.4. The largest absolute Gasteiger partial charge is 0.311 e. The van der Waals surface area contributed by atoms with E-state index in [2.05, 4.69) is 273 Å². The van der Waals surface area contributed by atoms with Crippen molar-refractivity contribution in [3.05, 3.63) is 279 Å². The molecule has 2 aliphatic heterocycles. The SMILES string of the molecule is Cc1cc2c3c(c1)N(c1ccccc1)c1c(sc4c1-c1ccc(C(C)(C)C)cc1C41c4ccccc4-c4ccccc41)B3c1cc3c(cc1N2c1ccccc1)-c1ccccc1C31c2ccccc2-c2ccccc21. The van der Waals surface area contributed by atoms with Crippen molar-refractivity contribution in [2.24, 2.45) is 0 Å². The van der Waals surface area contributed by atoms with Crippen LogP contribution in [0.1, 0.15) is 75.7 Å². The lowest BCUT2D eigenvalue weighted by atomic mass is 9.35. The Bertz CT molecular complexity index is 4240. The average Bonchev–Trinajstić information content (AvgIpc) is 4.23. The summed E-state index contributed by atoms with van der Waals surface area (Å²) >= 11 is 2.08. The number of thiophene rings is 1. The molecule has 0 fully saturated rings. The molecule has 4 aliphatic carbocycles. The predicted molar refractivity (Wildman–Crippen MR) is 314 cm³/mol. The first-order chi connectivity index (χ1) is 36.8. The molecule has 4 heteroatoms. The molecule has 0 unspecified atom stereocenters. The number of anilines is 6. The molecule has 0 radical (unpaired) electrons. The van der Waals surface area contributed by atoms with Gasteiger partial charge in [-0.05, 0) is 155 Å². The lowest BCUT2D eigenvalue weighted by Gasteiger charge is -2.44. The van der Waals surface area contributed by atoms with Crippen molar-refractivity contribution < 1.29 is 0 Å². The van der Waals surface area contributed by atoms with Crippen LogP contribution in [0.4, 0.5) is 34.1 Å². The van der Waals surface area contributed by atoms with Gasteiger partial charge in [0.1, 0.15) is 0 Å². The maximum atomic E-state index is 2.70. The van der Waals surface area contributed by atoms with Crippen molar-refractivity contribution in [2.45, 2.75) is 43.9 Å². The Hall–Kier alpha value is -8.44. The van der Waals surface area contributed by atoms with E-state index < -0.39 is 10.8 Å². The lowest BCUT2D eigenvalue weighted by Crippen LogP contribution is -2.60. The van der Waals surface area contributed by atoms with E-state index in [0.29, 0.717) is 0 Å². The topological polar surface area (TPSA) is 6.48 Å². The second-order valence-electron chi connectivity index (χ2n) is 22.7. The van der Waals surface area contributed by atoms with E-state index in [9.17, 15) is 0 Å². The molecule has 0 saturated heterocycles. The number of hydrogen-bond donors (Lipinski definition) is 0. The van der Waals surface area contributed by atoms with Crippen LogP contribution in [-0.4, -0.2) is 6.71 Å². The molecule has 11 aromatic rings. The quantitative estimate of drug-likeness (QED) is 0.159. The Morgan fingerprint density at radius 3 is 1.39 bits per heavy atom. The maximum Gasteiger partial charge on any atom is 0.264 e. The predicted octanol–water partition coefficient (Wildman–Crippen LogP) is 16.1. The number of para-hydroxylation sites is 2. The Labute approximate surface area is 443 Å². The molecule has 2 nitrogen and oxygen atoms in total. The molecule has 2 spiro atoms. The molecule has 75 heavy (non-hydrogen) atoms. The molecule has 0 atom stereocenters. The van der Waals surface area contributed by atoms with E-state index in [-0.39, 0.29) is 12.1 Å². The highest BCUT2D eigenvalue weighted by molar-refractivity contribution is 7.30. The van der Waals surface area contributed by atoms with Crippen LogP contribution in [0, 0.1) is 6.92 Å². The minimum atomic E-state index is -0.511. The fourth-order valence-electron chi connectivity index (χ4n) is 15.2. The fraction of sp³-hybridized carbons (Fsp3) is 0.0986. The molecule has 0 saturated carbocycles. The Kier molecular flexibility index (Phi) is 8.08. The first kappa shape index (κ1) is 42.0. The van der Waals surface area contributed by atoms with Gasteiger partial charge in [0.2, 0.25) is 0 Å². The van der Waals surface area contributed by atoms with E-state index >= 15 is 0 Å². The molecular weight excluding hydrogens is 924 g/mol. The number of nitrogens with zero attached hydrogens (tertiary/aromatic N) is 2. The molecule has 0 N–H and O–H groups in total. The maximum absolute atomic E-state index is 2.70. The summed E-state index contributed by atoms with van der Waals surface area (Å²) < 4.78 is 1.40. The van der Waals surface area contributed by atoms with Crippen molar-refractivity contribution >= 4 is 67.9 Å². The van der Waals surface area contributed by atoms with Crippen molar-refractivity contribution in [2.75, 3.05) is 9.80 Å². The number of fused-ring (bicyclic) bond motifs is 25. The number of benzene rings is 10. The minimum absolute atomic E-state index is 0.0414. The van der Waals surface area contributed by atoms with Crippen LogP contribution < -0.4 is 25.5 Å². The third-order valence-electron chi connectivity index (χ3n) is 18.0. The van der Waals surface area contributed by atoms with E-state index in [0.717, 1.165) is 5.69 Å².